The fraction of sp³-hybridized carbons (Fsp3) is 0.250. The molecule has 0 bridgehead atoms. The molecule has 5 aromatic rings. The molecule has 7 heteroatoms. The largest absolute Gasteiger partial charge is 0.489 e. The van der Waals surface area contributed by atoms with Gasteiger partial charge in [-0.05, 0) is 56.0 Å². The van der Waals surface area contributed by atoms with Gasteiger partial charge in [0.05, 0.1) is 35.4 Å². The quantitative estimate of drug-likeness (QED) is 0.421. The summed E-state index contributed by atoms with van der Waals surface area (Å²) in [7, 11) is 0. The smallest absolute Gasteiger partial charge is 0.138 e. The zero-order chi connectivity index (χ0) is 20.6. The number of nitrogens with one attached hydrogen (secondary N) is 2. The molecule has 1 saturated carbocycles. The summed E-state index contributed by atoms with van der Waals surface area (Å²) in [5.74, 6) is 0.806. The third-order valence-electron chi connectivity index (χ3n) is 5.96. The van der Waals surface area contributed by atoms with Crippen LogP contribution in [0.1, 0.15) is 32.1 Å². The third kappa shape index (κ3) is 3.42. The third-order valence-corrected chi connectivity index (χ3v) is 5.96. The molecule has 0 radical (unpaired) electrons. The summed E-state index contributed by atoms with van der Waals surface area (Å²) < 4.78 is 6.20. The van der Waals surface area contributed by atoms with E-state index in [0.29, 0.717) is 0 Å². The highest BCUT2D eigenvalue weighted by Crippen LogP contribution is 2.31. The zero-order valence-electron chi connectivity index (χ0n) is 17.0. The van der Waals surface area contributed by atoms with Crippen molar-refractivity contribution in [1.82, 2.24) is 30.1 Å². The Morgan fingerprint density at radius 1 is 0.968 bits per heavy atom. The van der Waals surface area contributed by atoms with Gasteiger partial charge >= 0.3 is 0 Å². The number of nitrogens with zero attached hydrogens (tertiary/aromatic N) is 4. The van der Waals surface area contributed by atoms with Crippen LogP contribution in [0.15, 0.2) is 55.1 Å². The van der Waals surface area contributed by atoms with Crippen molar-refractivity contribution in [3.05, 3.63) is 55.1 Å². The van der Waals surface area contributed by atoms with Gasteiger partial charge in [0.1, 0.15) is 17.1 Å². The summed E-state index contributed by atoms with van der Waals surface area (Å²) in [6, 6.07) is 10.1. The molecule has 0 unspecified atom stereocenters. The Balaban J connectivity index is 1.36. The van der Waals surface area contributed by atoms with Gasteiger partial charge in [-0.1, -0.05) is 6.42 Å². The van der Waals surface area contributed by atoms with Crippen LogP contribution in [-0.2, 0) is 0 Å². The number of rotatable bonds is 4. The second-order valence-corrected chi connectivity index (χ2v) is 8.10. The second-order valence-electron chi connectivity index (χ2n) is 8.10. The van der Waals surface area contributed by atoms with Crippen LogP contribution in [0, 0.1) is 0 Å². The molecule has 7 nitrogen and oxygen atoms in total. The van der Waals surface area contributed by atoms with Gasteiger partial charge in [-0.15, -0.1) is 0 Å². The van der Waals surface area contributed by atoms with E-state index in [1.165, 1.54) is 19.3 Å². The van der Waals surface area contributed by atoms with Gasteiger partial charge in [-0.2, -0.15) is 5.10 Å². The van der Waals surface area contributed by atoms with Crippen LogP contribution in [0.2, 0.25) is 0 Å². The molecule has 0 spiro atoms. The SMILES string of the molecule is c1cnc2[nH]c(-c3n[nH]c4cnc(-c5cncc(OC6CCCCC6)c5)cc34)cc2c1. The minimum absolute atomic E-state index is 0.289. The maximum Gasteiger partial charge on any atom is 0.138 e. The molecule has 2 N–H and O–H groups in total. The number of hydrogen-bond acceptors (Lipinski definition) is 5. The van der Waals surface area contributed by atoms with Crippen LogP contribution in [0.25, 0.3) is 44.6 Å². The van der Waals surface area contributed by atoms with Gasteiger partial charge in [-0.25, -0.2) is 4.98 Å². The summed E-state index contributed by atoms with van der Waals surface area (Å²) in [5, 5.41) is 9.66. The molecule has 6 rings (SSSR count). The highest BCUT2D eigenvalue weighted by molar-refractivity contribution is 5.96. The number of pyridine rings is 3. The fourth-order valence-corrected chi connectivity index (χ4v) is 4.36. The Labute approximate surface area is 178 Å². The van der Waals surface area contributed by atoms with Crippen LogP contribution in [0.3, 0.4) is 0 Å². The zero-order valence-corrected chi connectivity index (χ0v) is 17.0. The van der Waals surface area contributed by atoms with E-state index in [1.54, 1.807) is 12.4 Å². The molecule has 154 valence electrons. The number of fused-ring (bicyclic) bond motifs is 2. The van der Waals surface area contributed by atoms with E-state index in [2.05, 4.69) is 42.3 Å². The van der Waals surface area contributed by atoms with Gasteiger partial charge < -0.3 is 9.72 Å². The first-order valence-corrected chi connectivity index (χ1v) is 10.7. The maximum atomic E-state index is 6.20. The van der Waals surface area contributed by atoms with Crippen molar-refractivity contribution in [3.63, 3.8) is 0 Å². The van der Waals surface area contributed by atoms with Crippen LogP contribution in [0.4, 0.5) is 0 Å². The first-order valence-electron chi connectivity index (χ1n) is 10.7. The summed E-state index contributed by atoms with van der Waals surface area (Å²) in [6.07, 6.45) is 13.5. The summed E-state index contributed by atoms with van der Waals surface area (Å²) in [5.41, 5.74) is 5.27. The summed E-state index contributed by atoms with van der Waals surface area (Å²) in [4.78, 5) is 16.8. The van der Waals surface area contributed by atoms with Gasteiger partial charge in [-0.3, -0.25) is 15.1 Å². The van der Waals surface area contributed by atoms with Crippen molar-refractivity contribution in [2.75, 3.05) is 0 Å². The average molecular weight is 410 g/mol. The van der Waals surface area contributed by atoms with E-state index >= 15 is 0 Å². The molecule has 0 aliphatic heterocycles. The molecule has 1 aliphatic carbocycles. The van der Waals surface area contributed by atoms with Gasteiger partial charge in [0.25, 0.3) is 0 Å². The topological polar surface area (TPSA) is 92.4 Å². The highest BCUT2D eigenvalue weighted by Gasteiger charge is 2.16. The minimum Gasteiger partial charge on any atom is -0.489 e. The van der Waals surface area contributed by atoms with E-state index in [0.717, 1.165) is 63.2 Å². The lowest BCUT2D eigenvalue weighted by Crippen LogP contribution is -2.19. The van der Waals surface area contributed by atoms with E-state index < -0.39 is 0 Å². The van der Waals surface area contributed by atoms with Crippen LogP contribution in [-0.4, -0.2) is 36.2 Å². The Hall–Kier alpha value is -3.74. The number of hydrogen-bond donors (Lipinski definition) is 2. The van der Waals surface area contributed by atoms with Crippen molar-refractivity contribution in [2.45, 2.75) is 38.2 Å². The maximum absolute atomic E-state index is 6.20. The number of ether oxygens (including phenoxy) is 1. The van der Waals surface area contributed by atoms with Crippen LogP contribution in [0.5, 0.6) is 5.75 Å². The molecule has 31 heavy (non-hydrogen) atoms. The standard InChI is InChI=1S/C24H22N6O/c1-2-6-17(7-3-1)31-18-9-16(12-25-13-18)20-11-19-22(14-27-20)29-30-23(19)21-10-15-5-4-8-26-24(15)28-21/h4-5,8-14,17H,1-3,6-7H2,(H,26,28)(H,29,30). The van der Waals surface area contributed by atoms with Crippen LogP contribution >= 0.6 is 0 Å². The second kappa shape index (κ2) is 7.50. The lowest BCUT2D eigenvalue weighted by Gasteiger charge is -2.22. The number of aromatic nitrogens is 6. The molecule has 0 atom stereocenters. The highest BCUT2D eigenvalue weighted by atomic mass is 16.5. The summed E-state index contributed by atoms with van der Waals surface area (Å²) >= 11 is 0. The van der Waals surface area contributed by atoms with Gasteiger partial charge in [0, 0.05) is 28.7 Å². The molecular weight excluding hydrogens is 388 g/mol. The lowest BCUT2D eigenvalue weighted by atomic mass is 9.98. The van der Waals surface area contributed by atoms with E-state index in [4.69, 9.17) is 4.74 Å². The molecule has 5 heterocycles. The normalized spacial score (nSPS) is 15.0. The first-order chi connectivity index (χ1) is 15.3. The Morgan fingerprint density at radius 3 is 2.81 bits per heavy atom. The average Bonchev–Trinajstić information content (AvgIpc) is 3.43. The lowest BCUT2D eigenvalue weighted by molar-refractivity contribution is 0.154. The molecule has 1 aliphatic rings. The van der Waals surface area contributed by atoms with Crippen molar-refractivity contribution < 1.29 is 4.74 Å². The predicted octanol–water partition coefficient (Wildman–Crippen LogP) is 5.27. The van der Waals surface area contributed by atoms with Crippen molar-refractivity contribution in [3.8, 4) is 28.4 Å². The Morgan fingerprint density at radius 2 is 1.90 bits per heavy atom. The molecular formula is C24H22N6O. The van der Waals surface area contributed by atoms with Crippen molar-refractivity contribution >= 4 is 21.9 Å². The number of aromatic amines is 2. The van der Waals surface area contributed by atoms with Gasteiger partial charge in [0.2, 0.25) is 0 Å². The Bertz CT molecular complexity index is 1330. The summed E-state index contributed by atoms with van der Waals surface area (Å²) in [6.45, 7) is 0. The van der Waals surface area contributed by atoms with E-state index in [1.807, 2.05) is 30.6 Å². The van der Waals surface area contributed by atoms with Crippen molar-refractivity contribution in [1.29, 1.82) is 0 Å². The molecule has 0 amide bonds. The number of H-pyrrole nitrogens is 2. The Kier molecular flexibility index (Phi) is 4.37. The first kappa shape index (κ1) is 18.1. The monoisotopic (exact) mass is 410 g/mol. The van der Waals surface area contributed by atoms with Crippen molar-refractivity contribution in [2.24, 2.45) is 0 Å². The molecule has 0 aromatic carbocycles. The minimum atomic E-state index is 0.289. The molecule has 0 saturated heterocycles. The van der Waals surface area contributed by atoms with Gasteiger partial charge in [0.15, 0.2) is 0 Å². The van der Waals surface area contributed by atoms with Crippen LogP contribution < -0.4 is 4.74 Å². The molecule has 1 fully saturated rings. The predicted molar refractivity (Wildman–Crippen MR) is 120 cm³/mol. The molecule has 5 aromatic heterocycles. The van der Waals surface area contributed by atoms with E-state index in [-0.39, 0.29) is 6.10 Å². The fourth-order valence-electron chi connectivity index (χ4n) is 4.36. The van der Waals surface area contributed by atoms with E-state index in [9.17, 15) is 0 Å².